The predicted octanol–water partition coefficient (Wildman–Crippen LogP) is 3.12. The average Bonchev–Trinajstić information content (AvgIpc) is 3.25. The molecule has 0 atom stereocenters. The first-order valence-corrected chi connectivity index (χ1v) is 12.2. The van der Waals surface area contributed by atoms with E-state index in [0.29, 0.717) is 43.5 Å². The minimum Gasteiger partial charge on any atom is -0.322 e. The number of aryl methyl sites for hydroxylation is 1. The van der Waals surface area contributed by atoms with Crippen molar-refractivity contribution < 1.29 is 13.2 Å². The van der Waals surface area contributed by atoms with Crippen molar-refractivity contribution in [3.8, 4) is 0 Å². The molecule has 2 amide bonds. The summed E-state index contributed by atoms with van der Waals surface area (Å²) in [5.74, 6) is 0. The second-order valence-corrected chi connectivity index (χ2v) is 9.87. The van der Waals surface area contributed by atoms with Crippen molar-refractivity contribution in [1.82, 2.24) is 14.1 Å². The molecule has 1 aromatic carbocycles. The zero-order chi connectivity index (χ0) is 21.0. The maximum absolute atomic E-state index is 12.9. The molecular formula is C21H34N4O3S. The largest absolute Gasteiger partial charge is 0.322 e. The van der Waals surface area contributed by atoms with Crippen molar-refractivity contribution in [2.75, 3.05) is 44.6 Å². The third kappa shape index (κ3) is 4.92. The first-order valence-electron chi connectivity index (χ1n) is 10.8. The molecule has 0 spiro atoms. The van der Waals surface area contributed by atoms with Gasteiger partial charge in [-0.1, -0.05) is 32.8 Å². The van der Waals surface area contributed by atoms with E-state index in [1.165, 1.54) is 30.0 Å². The van der Waals surface area contributed by atoms with Crippen LogP contribution in [0.2, 0.25) is 0 Å². The van der Waals surface area contributed by atoms with Crippen LogP contribution < -0.4 is 5.32 Å². The van der Waals surface area contributed by atoms with E-state index in [1.54, 1.807) is 25.1 Å². The Balaban J connectivity index is 1.65. The second kappa shape index (κ2) is 9.45. The van der Waals surface area contributed by atoms with Gasteiger partial charge in [0.1, 0.15) is 0 Å². The number of anilines is 1. The van der Waals surface area contributed by atoms with Gasteiger partial charge in [-0.05, 0) is 37.5 Å². The standard InChI is InChI=1S/C21H34N4O3S/c1-4-25(5-2)29(27,28)20-16-18(11-10-17(20)3)22-21(26)24-14-12-23(13-15-24)19-8-6-7-9-19/h10-11,16,19H,4-9,12-15H2,1-3H3,(H,22,26). The van der Waals surface area contributed by atoms with Crippen LogP contribution in [-0.4, -0.2) is 73.9 Å². The molecule has 2 aliphatic rings. The summed E-state index contributed by atoms with van der Waals surface area (Å²) in [7, 11) is -3.57. The molecule has 0 radical (unpaired) electrons. The van der Waals surface area contributed by atoms with Crippen molar-refractivity contribution in [3.63, 3.8) is 0 Å². The third-order valence-electron chi connectivity index (χ3n) is 6.21. The smallest absolute Gasteiger partial charge is 0.321 e. The van der Waals surface area contributed by atoms with Crippen molar-refractivity contribution in [1.29, 1.82) is 0 Å². The van der Waals surface area contributed by atoms with Gasteiger partial charge in [-0.15, -0.1) is 0 Å². The average molecular weight is 423 g/mol. The van der Waals surface area contributed by atoms with Gasteiger partial charge in [-0.2, -0.15) is 4.31 Å². The highest BCUT2D eigenvalue weighted by Gasteiger charge is 2.28. The fourth-order valence-electron chi connectivity index (χ4n) is 4.42. The third-order valence-corrected chi connectivity index (χ3v) is 8.40. The zero-order valence-electron chi connectivity index (χ0n) is 17.9. The van der Waals surface area contributed by atoms with Crippen LogP contribution in [0.1, 0.15) is 45.1 Å². The normalized spacial score (nSPS) is 19.1. The van der Waals surface area contributed by atoms with Crippen molar-refractivity contribution in [2.24, 2.45) is 0 Å². The lowest BCUT2D eigenvalue weighted by molar-refractivity contribution is 0.115. The molecule has 1 aromatic rings. The number of nitrogens with zero attached hydrogens (tertiary/aromatic N) is 3. The molecule has 1 aliphatic carbocycles. The predicted molar refractivity (Wildman–Crippen MR) is 116 cm³/mol. The summed E-state index contributed by atoms with van der Waals surface area (Å²) in [5.41, 5.74) is 1.20. The summed E-state index contributed by atoms with van der Waals surface area (Å²) in [6.07, 6.45) is 5.19. The lowest BCUT2D eigenvalue weighted by Gasteiger charge is -2.38. The number of carbonyl (C=O) groups excluding carboxylic acids is 1. The number of hydrogen-bond acceptors (Lipinski definition) is 4. The molecule has 7 nitrogen and oxygen atoms in total. The summed E-state index contributed by atoms with van der Waals surface area (Å²) >= 11 is 0. The molecule has 8 heteroatoms. The van der Waals surface area contributed by atoms with Gasteiger partial charge < -0.3 is 10.2 Å². The van der Waals surface area contributed by atoms with Gasteiger partial charge in [-0.3, -0.25) is 4.90 Å². The Labute approximate surface area is 175 Å². The Morgan fingerprint density at radius 2 is 1.72 bits per heavy atom. The molecule has 1 heterocycles. The lowest BCUT2D eigenvalue weighted by Crippen LogP contribution is -2.52. The molecule has 1 saturated carbocycles. The summed E-state index contributed by atoms with van der Waals surface area (Å²) < 4.78 is 27.3. The van der Waals surface area contributed by atoms with Crippen LogP contribution in [0.15, 0.2) is 23.1 Å². The summed E-state index contributed by atoms with van der Waals surface area (Å²) in [6, 6.07) is 5.62. The molecule has 0 bridgehead atoms. The molecule has 0 aromatic heterocycles. The van der Waals surface area contributed by atoms with Crippen molar-refractivity contribution in [3.05, 3.63) is 23.8 Å². The van der Waals surface area contributed by atoms with Crippen LogP contribution in [0.25, 0.3) is 0 Å². The van der Waals surface area contributed by atoms with E-state index in [4.69, 9.17) is 0 Å². The number of piperazine rings is 1. The van der Waals surface area contributed by atoms with Gasteiger partial charge in [0.2, 0.25) is 10.0 Å². The number of urea groups is 1. The first kappa shape index (κ1) is 22.1. The molecule has 0 unspecified atom stereocenters. The van der Waals surface area contributed by atoms with Crippen molar-refractivity contribution in [2.45, 2.75) is 57.4 Å². The van der Waals surface area contributed by atoms with E-state index in [-0.39, 0.29) is 10.9 Å². The quantitative estimate of drug-likeness (QED) is 0.764. The first-order chi connectivity index (χ1) is 13.9. The van der Waals surface area contributed by atoms with Gasteiger partial charge in [0.05, 0.1) is 4.90 Å². The Kier molecular flexibility index (Phi) is 7.19. The van der Waals surface area contributed by atoms with Crippen molar-refractivity contribution >= 4 is 21.7 Å². The molecular weight excluding hydrogens is 388 g/mol. The Morgan fingerprint density at radius 1 is 1.10 bits per heavy atom. The van der Waals surface area contributed by atoms with Crippen LogP contribution in [0, 0.1) is 6.92 Å². The second-order valence-electron chi connectivity index (χ2n) is 7.96. The minimum absolute atomic E-state index is 0.161. The highest BCUT2D eigenvalue weighted by Crippen LogP contribution is 2.26. The van der Waals surface area contributed by atoms with E-state index in [0.717, 1.165) is 13.1 Å². The van der Waals surface area contributed by atoms with E-state index < -0.39 is 10.0 Å². The fourth-order valence-corrected chi connectivity index (χ4v) is 6.13. The van der Waals surface area contributed by atoms with Gasteiger partial charge >= 0.3 is 6.03 Å². The molecule has 1 aliphatic heterocycles. The molecule has 2 fully saturated rings. The number of hydrogen-bond donors (Lipinski definition) is 1. The zero-order valence-corrected chi connectivity index (χ0v) is 18.7. The Hall–Kier alpha value is -1.64. The van der Waals surface area contributed by atoms with Crippen LogP contribution in [0.4, 0.5) is 10.5 Å². The number of benzene rings is 1. The van der Waals surface area contributed by atoms with Crippen LogP contribution in [0.3, 0.4) is 0 Å². The van der Waals surface area contributed by atoms with Crippen LogP contribution >= 0.6 is 0 Å². The Morgan fingerprint density at radius 3 is 2.31 bits per heavy atom. The number of rotatable bonds is 6. The monoisotopic (exact) mass is 422 g/mol. The van der Waals surface area contributed by atoms with Gasteiger partial charge in [-0.25, -0.2) is 13.2 Å². The summed E-state index contributed by atoms with van der Waals surface area (Å²) in [5, 5.41) is 2.90. The van der Waals surface area contributed by atoms with Crippen LogP contribution in [0.5, 0.6) is 0 Å². The molecule has 1 saturated heterocycles. The highest BCUT2D eigenvalue weighted by atomic mass is 32.2. The maximum atomic E-state index is 12.9. The fraction of sp³-hybridized carbons (Fsp3) is 0.667. The van der Waals surface area contributed by atoms with Crippen LogP contribution in [-0.2, 0) is 10.0 Å². The van der Waals surface area contributed by atoms with E-state index >= 15 is 0 Å². The summed E-state index contributed by atoms with van der Waals surface area (Å²) in [4.78, 5) is 17.3. The number of carbonyl (C=O) groups is 1. The van der Waals surface area contributed by atoms with Gasteiger partial charge in [0, 0.05) is 51.0 Å². The van der Waals surface area contributed by atoms with E-state index in [2.05, 4.69) is 10.2 Å². The topological polar surface area (TPSA) is 73.0 Å². The SMILES string of the molecule is CCN(CC)S(=O)(=O)c1cc(NC(=O)N2CCN(C3CCCC3)CC2)ccc1C. The number of sulfonamides is 1. The molecule has 1 N–H and O–H groups in total. The molecule has 29 heavy (non-hydrogen) atoms. The lowest BCUT2D eigenvalue weighted by atomic mass is 10.2. The molecule has 3 rings (SSSR count). The maximum Gasteiger partial charge on any atom is 0.321 e. The Bertz CT molecular complexity index is 809. The van der Waals surface area contributed by atoms with Gasteiger partial charge in [0.25, 0.3) is 0 Å². The molecule has 162 valence electrons. The minimum atomic E-state index is -3.57. The van der Waals surface area contributed by atoms with E-state index in [1.807, 2.05) is 18.7 Å². The number of nitrogens with one attached hydrogen (secondary N) is 1. The summed E-state index contributed by atoms with van der Waals surface area (Å²) in [6.45, 7) is 9.50. The van der Waals surface area contributed by atoms with E-state index in [9.17, 15) is 13.2 Å². The van der Waals surface area contributed by atoms with Gasteiger partial charge in [0.15, 0.2) is 0 Å². The highest BCUT2D eigenvalue weighted by molar-refractivity contribution is 7.89. The number of amides is 2.